The molecule has 2 aliphatic heterocycles. The molecule has 174 valence electrons. The number of piperidine rings is 1. The van der Waals surface area contributed by atoms with Crippen molar-refractivity contribution in [1.82, 2.24) is 20.4 Å². The summed E-state index contributed by atoms with van der Waals surface area (Å²) in [5.41, 5.74) is 0.835. The van der Waals surface area contributed by atoms with Crippen LogP contribution in [0.25, 0.3) is 0 Å². The second kappa shape index (κ2) is 12.9. The highest BCUT2D eigenvalue weighted by Gasteiger charge is 2.30. The van der Waals surface area contributed by atoms with Crippen LogP contribution in [-0.2, 0) is 9.53 Å². The SMILES string of the molecule is CN=C(NCCCNC(=O)c1occc1C)N1CCC(C(=O)N2CCOCC2)CC1.I. The number of aryl methyl sites for hydroxylation is 1. The number of aliphatic imine (C=N–C) groups is 1. The summed E-state index contributed by atoms with van der Waals surface area (Å²) in [6.45, 7) is 7.43. The third-order valence-electron chi connectivity index (χ3n) is 5.67. The minimum atomic E-state index is -0.186. The van der Waals surface area contributed by atoms with Crippen LogP contribution in [-0.4, -0.2) is 87.1 Å². The Labute approximate surface area is 201 Å². The number of guanidine groups is 1. The molecule has 1 aromatic rings. The first-order valence-electron chi connectivity index (χ1n) is 10.7. The number of furan rings is 1. The first kappa shape index (κ1) is 25.4. The molecule has 2 aliphatic rings. The van der Waals surface area contributed by atoms with E-state index in [0.717, 1.165) is 43.9 Å². The minimum absolute atomic E-state index is 0. The molecule has 0 bridgehead atoms. The van der Waals surface area contributed by atoms with Crippen LogP contribution in [0.1, 0.15) is 35.4 Å². The maximum atomic E-state index is 12.7. The largest absolute Gasteiger partial charge is 0.459 e. The topological polar surface area (TPSA) is 99.4 Å². The highest BCUT2D eigenvalue weighted by Crippen LogP contribution is 2.20. The maximum absolute atomic E-state index is 12.7. The molecule has 2 saturated heterocycles. The van der Waals surface area contributed by atoms with E-state index in [1.807, 2.05) is 11.8 Å². The quantitative estimate of drug-likeness (QED) is 0.242. The number of likely N-dealkylation sites (tertiary alicyclic amines) is 1. The zero-order valence-electron chi connectivity index (χ0n) is 18.4. The number of nitrogens with one attached hydrogen (secondary N) is 2. The summed E-state index contributed by atoms with van der Waals surface area (Å²) in [5.74, 6) is 1.39. The van der Waals surface area contributed by atoms with Crippen LogP contribution in [0.5, 0.6) is 0 Å². The summed E-state index contributed by atoms with van der Waals surface area (Å²) in [5, 5.41) is 6.23. The Bertz CT molecular complexity index is 740. The van der Waals surface area contributed by atoms with Gasteiger partial charge >= 0.3 is 0 Å². The molecule has 0 aromatic carbocycles. The standard InChI is InChI=1S/C21H33N5O4.HI/c1-16-6-13-30-18(16)19(27)23-7-3-8-24-21(22-2)26-9-4-17(5-10-26)20(28)25-11-14-29-15-12-25;/h6,13,17H,3-5,7-12,14-15H2,1-2H3,(H,22,24)(H,23,27);1H. The van der Waals surface area contributed by atoms with E-state index in [1.54, 1.807) is 13.1 Å². The van der Waals surface area contributed by atoms with Gasteiger partial charge in [0.1, 0.15) is 0 Å². The molecule has 0 spiro atoms. The summed E-state index contributed by atoms with van der Waals surface area (Å²) in [7, 11) is 1.77. The van der Waals surface area contributed by atoms with Gasteiger partial charge in [-0.25, -0.2) is 0 Å². The predicted octanol–water partition coefficient (Wildman–Crippen LogP) is 1.47. The first-order chi connectivity index (χ1) is 14.6. The van der Waals surface area contributed by atoms with Gasteiger partial charge in [-0.3, -0.25) is 14.6 Å². The summed E-state index contributed by atoms with van der Waals surface area (Å²) >= 11 is 0. The van der Waals surface area contributed by atoms with Crippen LogP contribution >= 0.6 is 24.0 Å². The van der Waals surface area contributed by atoms with Gasteiger partial charge in [0.05, 0.1) is 19.5 Å². The van der Waals surface area contributed by atoms with Crippen LogP contribution in [0.3, 0.4) is 0 Å². The molecule has 2 fully saturated rings. The van der Waals surface area contributed by atoms with E-state index < -0.39 is 0 Å². The molecule has 0 atom stereocenters. The third-order valence-corrected chi connectivity index (χ3v) is 5.67. The van der Waals surface area contributed by atoms with Gasteiger partial charge in [0.2, 0.25) is 5.91 Å². The fourth-order valence-corrected chi connectivity index (χ4v) is 3.89. The third kappa shape index (κ3) is 7.09. The molecule has 2 N–H and O–H groups in total. The normalized spacial score (nSPS) is 17.8. The Morgan fingerprint density at radius 2 is 1.77 bits per heavy atom. The number of ether oxygens (including phenoxy) is 1. The van der Waals surface area contributed by atoms with Crippen molar-refractivity contribution in [3.63, 3.8) is 0 Å². The van der Waals surface area contributed by atoms with E-state index in [9.17, 15) is 9.59 Å². The second-order valence-electron chi connectivity index (χ2n) is 7.72. The van der Waals surface area contributed by atoms with E-state index in [2.05, 4.69) is 20.5 Å². The van der Waals surface area contributed by atoms with Crippen molar-refractivity contribution in [2.75, 3.05) is 59.5 Å². The number of hydrogen-bond donors (Lipinski definition) is 2. The van der Waals surface area contributed by atoms with E-state index in [1.165, 1.54) is 6.26 Å². The van der Waals surface area contributed by atoms with Gasteiger partial charge < -0.3 is 29.6 Å². The molecule has 2 amide bonds. The molecule has 0 saturated carbocycles. The van der Waals surface area contributed by atoms with Gasteiger partial charge in [-0.1, -0.05) is 0 Å². The van der Waals surface area contributed by atoms with E-state index in [0.29, 0.717) is 45.2 Å². The zero-order valence-corrected chi connectivity index (χ0v) is 20.7. The van der Waals surface area contributed by atoms with Crippen LogP contribution in [0.15, 0.2) is 21.7 Å². The molecule has 9 nitrogen and oxygen atoms in total. The molecule has 0 radical (unpaired) electrons. The summed E-state index contributed by atoms with van der Waals surface area (Å²) in [6.07, 6.45) is 3.98. The van der Waals surface area contributed by atoms with E-state index >= 15 is 0 Å². The number of nitrogens with zero attached hydrogens (tertiary/aromatic N) is 3. The van der Waals surface area contributed by atoms with Gasteiger partial charge in [0.15, 0.2) is 11.7 Å². The Morgan fingerprint density at radius 1 is 1.10 bits per heavy atom. The summed E-state index contributed by atoms with van der Waals surface area (Å²) in [4.78, 5) is 33.2. The highest BCUT2D eigenvalue weighted by molar-refractivity contribution is 14.0. The summed E-state index contributed by atoms with van der Waals surface area (Å²) < 4.78 is 10.5. The summed E-state index contributed by atoms with van der Waals surface area (Å²) in [6, 6.07) is 1.78. The molecule has 31 heavy (non-hydrogen) atoms. The fourth-order valence-electron chi connectivity index (χ4n) is 3.89. The van der Waals surface area contributed by atoms with Crippen molar-refractivity contribution in [3.05, 3.63) is 23.7 Å². The van der Waals surface area contributed by atoms with Crippen molar-refractivity contribution in [2.45, 2.75) is 26.2 Å². The molecule has 3 heterocycles. The van der Waals surface area contributed by atoms with Crippen molar-refractivity contribution in [3.8, 4) is 0 Å². The van der Waals surface area contributed by atoms with Gasteiger partial charge in [-0.15, -0.1) is 24.0 Å². The lowest BCUT2D eigenvalue weighted by Gasteiger charge is -2.36. The Morgan fingerprint density at radius 3 is 2.39 bits per heavy atom. The van der Waals surface area contributed by atoms with E-state index in [-0.39, 0.29) is 41.7 Å². The molecule has 3 rings (SSSR count). The van der Waals surface area contributed by atoms with Crippen molar-refractivity contribution < 1.29 is 18.7 Å². The monoisotopic (exact) mass is 547 g/mol. The lowest BCUT2D eigenvalue weighted by Crippen LogP contribution is -2.50. The average Bonchev–Trinajstić information content (AvgIpc) is 3.22. The lowest BCUT2D eigenvalue weighted by atomic mass is 9.95. The van der Waals surface area contributed by atoms with Crippen molar-refractivity contribution in [1.29, 1.82) is 0 Å². The van der Waals surface area contributed by atoms with Crippen molar-refractivity contribution >= 4 is 41.8 Å². The average molecular weight is 547 g/mol. The Hall–Kier alpha value is -1.82. The Balaban J connectivity index is 0.00000341. The number of morpholine rings is 1. The van der Waals surface area contributed by atoms with Crippen LogP contribution < -0.4 is 10.6 Å². The smallest absolute Gasteiger partial charge is 0.287 e. The molecule has 0 unspecified atom stereocenters. The predicted molar refractivity (Wildman–Crippen MR) is 129 cm³/mol. The van der Waals surface area contributed by atoms with Gasteiger partial charge in [-0.2, -0.15) is 0 Å². The highest BCUT2D eigenvalue weighted by atomic mass is 127. The van der Waals surface area contributed by atoms with Crippen LogP contribution in [0, 0.1) is 12.8 Å². The number of hydrogen-bond acceptors (Lipinski definition) is 5. The number of carbonyl (C=O) groups excluding carboxylic acids is 2. The molecule has 1 aromatic heterocycles. The number of amides is 2. The van der Waals surface area contributed by atoms with Crippen molar-refractivity contribution in [2.24, 2.45) is 10.9 Å². The van der Waals surface area contributed by atoms with Crippen LogP contribution in [0.4, 0.5) is 0 Å². The number of rotatable bonds is 6. The minimum Gasteiger partial charge on any atom is -0.459 e. The number of halogens is 1. The van der Waals surface area contributed by atoms with Gasteiger partial charge in [-0.05, 0) is 32.3 Å². The van der Waals surface area contributed by atoms with Gasteiger partial charge in [0, 0.05) is 57.8 Å². The van der Waals surface area contributed by atoms with Crippen LogP contribution in [0.2, 0.25) is 0 Å². The molecular weight excluding hydrogens is 513 g/mol. The molecule has 0 aliphatic carbocycles. The molecule has 10 heteroatoms. The number of carbonyl (C=O) groups is 2. The second-order valence-corrected chi connectivity index (χ2v) is 7.72. The zero-order chi connectivity index (χ0) is 21.3. The van der Waals surface area contributed by atoms with Gasteiger partial charge in [0.25, 0.3) is 5.91 Å². The maximum Gasteiger partial charge on any atom is 0.287 e. The Kier molecular flexibility index (Phi) is 10.6. The molecular formula is C21H34IN5O4. The fraction of sp³-hybridized carbons (Fsp3) is 0.667. The first-order valence-corrected chi connectivity index (χ1v) is 10.7. The lowest BCUT2D eigenvalue weighted by molar-refractivity contribution is -0.140. The van der Waals surface area contributed by atoms with E-state index in [4.69, 9.17) is 9.15 Å².